The summed E-state index contributed by atoms with van der Waals surface area (Å²) in [6.07, 6.45) is 4.55. The van der Waals surface area contributed by atoms with Gasteiger partial charge >= 0.3 is 0 Å². The second-order valence-corrected chi connectivity index (χ2v) is 6.56. The van der Waals surface area contributed by atoms with E-state index in [1.807, 2.05) is 31.2 Å². The molecule has 3 N–H and O–H groups in total. The number of nitrogens with zero attached hydrogens (tertiary/aromatic N) is 1. The lowest BCUT2D eigenvalue weighted by molar-refractivity contribution is -0.117. The molecular formula is C16H19N3OS. The van der Waals surface area contributed by atoms with E-state index in [0.29, 0.717) is 5.69 Å². The third-order valence-corrected chi connectivity index (χ3v) is 4.95. The summed E-state index contributed by atoms with van der Waals surface area (Å²) in [5, 5.41) is 3.67. The Kier molecular flexibility index (Phi) is 3.92. The number of hydrogen-bond donors (Lipinski definition) is 2. The largest absolute Gasteiger partial charge is 0.399 e. The van der Waals surface area contributed by atoms with Crippen LogP contribution in [0.3, 0.4) is 0 Å². The minimum Gasteiger partial charge on any atom is -0.399 e. The molecule has 0 saturated heterocycles. The van der Waals surface area contributed by atoms with Crippen molar-refractivity contribution >= 4 is 28.1 Å². The van der Waals surface area contributed by atoms with E-state index in [2.05, 4.69) is 10.3 Å². The fraction of sp³-hybridized carbons (Fsp3) is 0.375. The quantitative estimate of drug-likeness (QED) is 0.854. The molecule has 1 aromatic heterocycles. The lowest BCUT2D eigenvalue weighted by atomic mass is 10.00. The van der Waals surface area contributed by atoms with E-state index in [1.165, 1.54) is 17.7 Å². The van der Waals surface area contributed by atoms with Gasteiger partial charge in [-0.3, -0.25) is 4.79 Å². The van der Waals surface area contributed by atoms with Gasteiger partial charge in [-0.05, 0) is 50.3 Å². The van der Waals surface area contributed by atoms with Crippen molar-refractivity contribution in [1.29, 1.82) is 0 Å². The molecule has 3 rings (SSSR count). The number of nitrogens with two attached hydrogens (primary N) is 1. The fourth-order valence-electron chi connectivity index (χ4n) is 2.60. The number of hydrogen-bond acceptors (Lipinski definition) is 4. The number of anilines is 2. The van der Waals surface area contributed by atoms with Crippen LogP contribution in [0.2, 0.25) is 0 Å². The molecule has 5 heteroatoms. The molecule has 1 atom stereocenters. The molecule has 0 saturated carbocycles. The maximum Gasteiger partial charge on any atom is 0.233 e. The summed E-state index contributed by atoms with van der Waals surface area (Å²) in [6, 6.07) is 7.46. The van der Waals surface area contributed by atoms with Crippen molar-refractivity contribution in [2.24, 2.45) is 0 Å². The zero-order chi connectivity index (χ0) is 14.8. The van der Waals surface area contributed by atoms with E-state index in [1.54, 1.807) is 11.3 Å². The summed E-state index contributed by atoms with van der Waals surface area (Å²) < 4.78 is 0. The molecule has 110 valence electrons. The summed E-state index contributed by atoms with van der Waals surface area (Å²) in [5.74, 6) is -0.277. The van der Waals surface area contributed by atoms with Crippen molar-refractivity contribution in [3.8, 4) is 0 Å². The molecule has 0 aliphatic heterocycles. The minimum absolute atomic E-state index is 0.0355. The number of aromatic nitrogens is 1. The summed E-state index contributed by atoms with van der Waals surface area (Å²) in [4.78, 5) is 18.2. The third kappa shape index (κ3) is 3.08. The van der Waals surface area contributed by atoms with Crippen LogP contribution >= 0.6 is 11.3 Å². The molecule has 21 heavy (non-hydrogen) atoms. The van der Waals surface area contributed by atoms with Crippen LogP contribution in [0.1, 0.15) is 41.8 Å². The number of benzene rings is 1. The summed E-state index contributed by atoms with van der Waals surface area (Å²) in [5.41, 5.74) is 8.54. The molecule has 1 amide bonds. The van der Waals surface area contributed by atoms with Crippen LogP contribution in [-0.2, 0) is 17.6 Å². The van der Waals surface area contributed by atoms with E-state index in [-0.39, 0.29) is 11.8 Å². The van der Waals surface area contributed by atoms with Crippen LogP contribution in [0.4, 0.5) is 10.8 Å². The average molecular weight is 301 g/mol. The SMILES string of the molecule is CC(C(=O)Nc1nc2c(s1)CCCC2)c1cccc(N)c1. The van der Waals surface area contributed by atoms with Crippen LogP contribution in [0.15, 0.2) is 24.3 Å². The summed E-state index contributed by atoms with van der Waals surface area (Å²) >= 11 is 1.61. The summed E-state index contributed by atoms with van der Waals surface area (Å²) in [7, 11) is 0. The van der Waals surface area contributed by atoms with Crippen LogP contribution in [0.5, 0.6) is 0 Å². The standard InChI is InChI=1S/C16H19N3OS/c1-10(11-5-4-6-12(17)9-11)15(20)19-16-18-13-7-2-3-8-14(13)21-16/h4-6,9-10H,2-3,7-8,17H2,1H3,(H,18,19,20). The Morgan fingerprint density at radius 3 is 2.95 bits per heavy atom. The molecule has 1 unspecified atom stereocenters. The third-order valence-electron chi connectivity index (χ3n) is 3.88. The molecule has 1 heterocycles. The average Bonchev–Trinajstić information content (AvgIpc) is 2.88. The van der Waals surface area contributed by atoms with Crippen molar-refractivity contribution in [3.63, 3.8) is 0 Å². The Morgan fingerprint density at radius 2 is 2.19 bits per heavy atom. The van der Waals surface area contributed by atoms with E-state index in [4.69, 9.17) is 5.73 Å². The highest BCUT2D eigenvalue weighted by atomic mass is 32.1. The van der Waals surface area contributed by atoms with E-state index in [9.17, 15) is 4.79 Å². The lowest BCUT2D eigenvalue weighted by Crippen LogP contribution is -2.18. The minimum atomic E-state index is -0.241. The number of nitrogen functional groups attached to an aromatic ring is 1. The van der Waals surface area contributed by atoms with E-state index >= 15 is 0 Å². The van der Waals surface area contributed by atoms with Gasteiger partial charge in [0.2, 0.25) is 5.91 Å². The topological polar surface area (TPSA) is 68.0 Å². The van der Waals surface area contributed by atoms with Crippen LogP contribution in [0, 0.1) is 0 Å². The number of amides is 1. The first-order chi connectivity index (χ1) is 10.1. The Labute approximate surface area is 128 Å². The molecule has 0 radical (unpaired) electrons. The second kappa shape index (κ2) is 5.85. The molecule has 2 aromatic rings. The van der Waals surface area contributed by atoms with Gasteiger partial charge < -0.3 is 11.1 Å². The van der Waals surface area contributed by atoms with E-state index in [0.717, 1.165) is 29.2 Å². The van der Waals surface area contributed by atoms with Crippen LogP contribution in [-0.4, -0.2) is 10.9 Å². The highest BCUT2D eigenvalue weighted by Gasteiger charge is 2.19. The predicted molar refractivity (Wildman–Crippen MR) is 86.7 cm³/mol. The zero-order valence-corrected chi connectivity index (χ0v) is 12.9. The fourth-order valence-corrected chi connectivity index (χ4v) is 3.65. The van der Waals surface area contributed by atoms with Gasteiger partial charge in [0, 0.05) is 10.6 Å². The second-order valence-electron chi connectivity index (χ2n) is 5.48. The van der Waals surface area contributed by atoms with Gasteiger partial charge in [0.05, 0.1) is 11.6 Å². The number of carbonyl (C=O) groups is 1. The maximum atomic E-state index is 12.4. The molecule has 1 aromatic carbocycles. The van der Waals surface area contributed by atoms with Crippen LogP contribution in [0.25, 0.3) is 0 Å². The van der Waals surface area contributed by atoms with Gasteiger partial charge in [-0.15, -0.1) is 11.3 Å². The smallest absolute Gasteiger partial charge is 0.233 e. The highest BCUT2D eigenvalue weighted by molar-refractivity contribution is 7.15. The van der Waals surface area contributed by atoms with Crippen molar-refractivity contribution < 1.29 is 4.79 Å². The van der Waals surface area contributed by atoms with Crippen molar-refractivity contribution in [3.05, 3.63) is 40.4 Å². The van der Waals surface area contributed by atoms with Gasteiger partial charge in [0.1, 0.15) is 0 Å². The van der Waals surface area contributed by atoms with Crippen molar-refractivity contribution in [2.75, 3.05) is 11.1 Å². The number of thiazole rings is 1. The Hall–Kier alpha value is -1.88. The molecule has 1 aliphatic rings. The molecule has 0 fully saturated rings. The zero-order valence-electron chi connectivity index (χ0n) is 12.1. The molecule has 0 spiro atoms. The molecule has 4 nitrogen and oxygen atoms in total. The highest BCUT2D eigenvalue weighted by Crippen LogP contribution is 2.30. The molecule has 0 bridgehead atoms. The van der Waals surface area contributed by atoms with Crippen LogP contribution < -0.4 is 11.1 Å². The number of rotatable bonds is 3. The normalized spacial score (nSPS) is 15.3. The first-order valence-corrected chi connectivity index (χ1v) is 8.10. The summed E-state index contributed by atoms with van der Waals surface area (Å²) in [6.45, 7) is 1.89. The molecule has 1 aliphatic carbocycles. The van der Waals surface area contributed by atoms with Crippen molar-refractivity contribution in [1.82, 2.24) is 4.98 Å². The van der Waals surface area contributed by atoms with Crippen molar-refractivity contribution in [2.45, 2.75) is 38.5 Å². The van der Waals surface area contributed by atoms with Gasteiger partial charge in [0.15, 0.2) is 5.13 Å². The number of carbonyl (C=O) groups excluding carboxylic acids is 1. The Bertz CT molecular complexity index is 642. The Balaban J connectivity index is 1.72. The van der Waals surface area contributed by atoms with Gasteiger partial charge in [-0.1, -0.05) is 12.1 Å². The maximum absolute atomic E-state index is 12.4. The number of aryl methyl sites for hydroxylation is 2. The van der Waals surface area contributed by atoms with Gasteiger partial charge in [-0.25, -0.2) is 4.98 Å². The first kappa shape index (κ1) is 14.1. The van der Waals surface area contributed by atoms with Gasteiger partial charge in [0.25, 0.3) is 0 Å². The Morgan fingerprint density at radius 1 is 1.38 bits per heavy atom. The predicted octanol–water partition coefficient (Wildman–Crippen LogP) is 3.35. The lowest BCUT2D eigenvalue weighted by Gasteiger charge is -2.11. The number of nitrogens with one attached hydrogen (secondary N) is 1. The molecular weight excluding hydrogens is 282 g/mol. The number of fused-ring (bicyclic) bond motifs is 1. The first-order valence-electron chi connectivity index (χ1n) is 7.28. The van der Waals surface area contributed by atoms with E-state index < -0.39 is 0 Å². The monoisotopic (exact) mass is 301 g/mol. The van der Waals surface area contributed by atoms with Gasteiger partial charge in [-0.2, -0.15) is 0 Å².